The first-order valence-corrected chi connectivity index (χ1v) is 10.6. The van der Waals surface area contributed by atoms with Gasteiger partial charge < -0.3 is 9.88 Å². The predicted molar refractivity (Wildman–Crippen MR) is 118 cm³/mol. The number of benzene rings is 2. The second kappa shape index (κ2) is 8.85. The van der Waals surface area contributed by atoms with Crippen LogP contribution in [0.15, 0.2) is 66.1 Å². The Morgan fingerprint density at radius 1 is 1.23 bits per heavy atom. The maximum atomic E-state index is 13.8. The van der Waals surface area contributed by atoms with Crippen LogP contribution < -0.4 is 5.32 Å². The zero-order chi connectivity index (χ0) is 21.1. The summed E-state index contributed by atoms with van der Waals surface area (Å²) in [6.45, 7) is 1.71. The topological polar surface area (TPSA) is 59.8 Å². The molecule has 30 heavy (non-hydrogen) atoms. The molecule has 0 radical (unpaired) electrons. The molecule has 0 saturated carbocycles. The minimum atomic E-state index is -0.358. The van der Waals surface area contributed by atoms with Gasteiger partial charge in [0.15, 0.2) is 5.16 Å². The molecule has 0 aliphatic heterocycles. The minimum absolute atomic E-state index is 0.0373. The molecule has 152 valence electrons. The number of pyridine rings is 1. The van der Waals surface area contributed by atoms with Gasteiger partial charge in [-0.3, -0.25) is 9.78 Å². The first kappa shape index (κ1) is 20.4. The lowest BCUT2D eigenvalue weighted by atomic mass is 10.2. The van der Waals surface area contributed by atoms with Crippen LogP contribution in [0.5, 0.6) is 0 Å². The summed E-state index contributed by atoms with van der Waals surface area (Å²) in [4.78, 5) is 21.5. The molecule has 4 rings (SSSR count). The van der Waals surface area contributed by atoms with Gasteiger partial charge in [0.25, 0.3) is 0 Å². The molecule has 2 aromatic heterocycles. The lowest BCUT2D eigenvalue weighted by Gasteiger charge is -2.10. The summed E-state index contributed by atoms with van der Waals surface area (Å²) in [6, 6.07) is 14.1. The molecule has 2 aromatic carbocycles. The molecule has 0 atom stereocenters. The molecule has 1 amide bonds. The quantitative estimate of drug-likeness (QED) is 0.404. The van der Waals surface area contributed by atoms with E-state index >= 15 is 0 Å². The molecule has 0 spiro atoms. The second-order valence-electron chi connectivity index (χ2n) is 6.78. The smallest absolute Gasteiger partial charge is 0.244 e. The van der Waals surface area contributed by atoms with Crippen molar-refractivity contribution in [1.82, 2.24) is 14.5 Å². The number of nitrogens with zero attached hydrogens (tertiary/aromatic N) is 3. The first-order valence-electron chi connectivity index (χ1n) is 9.23. The molecule has 0 fully saturated rings. The number of anilines is 1. The van der Waals surface area contributed by atoms with Gasteiger partial charge >= 0.3 is 0 Å². The number of nitrogens with one attached hydrogen (secondary N) is 1. The Labute approximate surface area is 182 Å². The molecular formula is C22H18ClFN4OS. The van der Waals surface area contributed by atoms with E-state index in [1.807, 2.05) is 34.9 Å². The van der Waals surface area contributed by atoms with Gasteiger partial charge in [-0.25, -0.2) is 9.37 Å². The number of aryl methyl sites for hydroxylation is 1. The van der Waals surface area contributed by atoms with Crippen molar-refractivity contribution in [2.24, 2.45) is 0 Å². The van der Waals surface area contributed by atoms with Crippen LogP contribution in [-0.2, 0) is 17.1 Å². The summed E-state index contributed by atoms with van der Waals surface area (Å²) >= 11 is 7.58. The van der Waals surface area contributed by atoms with Crippen LogP contribution in [0.3, 0.4) is 0 Å². The van der Waals surface area contributed by atoms with Gasteiger partial charge in [-0.05, 0) is 48.4 Å². The highest BCUT2D eigenvalue weighted by molar-refractivity contribution is 7.98. The van der Waals surface area contributed by atoms with Crippen molar-refractivity contribution in [3.8, 4) is 0 Å². The van der Waals surface area contributed by atoms with Gasteiger partial charge in [0.05, 0.1) is 17.2 Å². The van der Waals surface area contributed by atoms with E-state index in [9.17, 15) is 9.18 Å². The third-order valence-electron chi connectivity index (χ3n) is 4.53. The Hall–Kier alpha value is -2.90. The maximum absolute atomic E-state index is 13.8. The van der Waals surface area contributed by atoms with E-state index in [2.05, 4.69) is 15.3 Å². The predicted octanol–water partition coefficient (Wildman–Crippen LogP) is 5.46. The summed E-state index contributed by atoms with van der Waals surface area (Å²) in [5, 5.41) is 4.12. The van der Waals surface area contributed by atoms with E-state index in [0.29, 0.717) is 27.2 Å². The van der Waals surface area contributed by atoms with Gasteiger partial charge in [0, 0.05) is 22.7 Å². The number of hydrogen-bond acceptors (Lipinski definition) is 4. The number of imidazole rings is 1. The Morgan fingerprint density at radius 3 is 2.90 bits per heavy atom. The van der Waals surface area contributed by atoms with Crippen molar-refractivity contribution in [1.29, 1.82) is 0 Å². The lowest BCUT2D eigenvalue weighted by molar-refractivity contribution is -0.116. The van der Waals surface area contributed by atoms with Gasteiger partial charge in [0.2, 0.25) is 5.91 Å². The van der Waals surface area contributed by atoms with Crippen LogP contribution in [0.2, 0.25) is 5.02 Å². The average molecular weight is 441 g/mol. The van der Waals surface area contributed by atoms with Crippen molar-refractivity contribution in [3.05, 3.63) is 82.9 Å². The van der Waals surface area contributed by atoms with Crippen LogP contribution in [0.25, 0.3) is 11.0 Å². The monoisotopic (exact) mass is 440 g/mol. The molecule has 0 saturated heterocycles. The summed E-state index contributed by atoms with van der Waals surface area (Å²) in [7, 11) is 0. The second-order valence-corrected chi connectivity index (χ2v) is 8.15. The number of fused-ring (bicyclic) bond motifs is 1. The van der Waals surface area contributed by atoms with Crippen molar-refractivity contribution in [3.63, 3.8) is 0 Å². The standard InChI is InChI=1S/C22H18ClFN4OS/c1-14-5-6-17(10-18(14)24)26-21(29)12-28-20-11-25-8-7-19(20)27-22(28)30-13-15-3-2-4-16(23)9-15/h2-11H,12-13H2,1H3,(H,26,29). The average Bonchev–Trinajstić information content (AvgIpc) is 3.07. The zero-order valence-electron chi connectivity index (χ0n) is 16.1. The van der Waals surface area contributed by atoms with E-state index in [4.69, 9.17) is 11.6 Å². The van der Waals surface area contributed by atoms with Crippen LogP contribution in [0.1, 0.15) is 11.1 Å². The Morgan fingerprint density at radius 2 is 2.10 bits per heavy atom. The molecule has 1 N–H and O–H groups in total. The Bertz CT molecular complexity index is 1230. The number of rotatable bonds is 6. The number of carbonyl (C=O) groups is 1. The molecule has 0 aliphatic carbocycles. The first-order chi connectivity index (χ1) is 14.5. The number of carbonyl (C=O) groups excluding carboxylic acids is 1. The molecule has 0 unspecified atom stereocenters. The maximum Gasteiger partial charge on any atom is 0.244 e. The van der Waals surface area contributed by atoms with E-state index in [1.165, 1.54) is 17.8 Å². The molecule has 8 heteroatoms. The van der Waals surface area contributed by atoms with Crippen LogP contribution in [0.4, 0.5) is 10.1 Å². The fraction of sp³-hybridized carbons (Fsp3) is 0.136. The molecular weight excluding hydrogens is 423 g/mol. The molecule has 5 nitrogen and oxygen atoms in total. The van der Waals surface area contributed by atoms with Crippen LogP contribution >= 0.6 is 23.4 Å². The largest absolute Gasteiger partial charge is 0.324 e. The van der Waals surface area contributed by atoms with Crippen molar-refractivity contribution < 1.29 is 9.18 Å². The van der Waals surface area contributed by atoms with Crippen molar-refractivity contribution in [2.75, 3.05) is 5.32 Å². The fourth-order valence-corrected chi connectivity index (χ4v) is 4.17. The highest BCUT2D eigenvalue weighted by Crippen LogP contribution is 2.27. The summed E-state index contributed by atoms with van der Waals surface area (Å²) < 4.78 is 15.6. The zero-order valence-corrected chi connectivity index (χ0v) is 17.7. The summed E-state index contributed by atoms with van der Waals surface area (Å²) in [5.41, 5.74) is 3.52. The number of thioether (sulfide) groups is 1. The van der Waals surface area contributed by atoms with Crippen molar-refractivity contribution in [2.45, 2.75) is 24.4 Å². The third-order valence-corrected chi connectivity index (χ3v) is 5.81. The van der Waals surface area contributed by atoms with Gasteiger partial charge in [-0.1, -0.05) is 41.6 Å². The summed E-state index contributed by atoms with van der Waals surface area (Å²) in [6.07, 6.45) is 3.35. The van der Waals surface area contributed by atoms with Crippen molar-refractivity contribution >= 4 is 46.0 Å². The normalized spacial score (nSPS) is 11.0. The fourth-order valence-electron chi connectivity index (χ4n) is 3.00. The SMILES string of the molecule is Cc1ccc(NC(=O)Cn2c(SCc3cccc(Cl)c3)nc3ccncc32)cc1F. The number of halogens is 2. The lowest BCUT2D eigenvalue weighted by Crippen LogP contribution is -2.19. The van der Waals surface area contributed by atoms with E-state index in [-0.39, 0.29) is 18.3 Å². The number of amides is 1. The van der Waals surface area contributed by atoms with Gasteiger partial charge in [-0.2, -0.15) is 0 Å². The highest BCUT2D eigenvalue weighted by Gasteiger charge is 2.15. The van der Waals surface area contributed by atoms with Crippen LogP contribution in [0, 0.1) is 12.7 Å². The molecule has 0 bridgehead atoms. The summed E-state index contributed by atoms with van der Waals surface area (Å²) in [5.74, 6) is 0.0242. The van der Waals surface area contributed by atoms with E-state index < -0.39 is 0 Å². The third kappa shape index (κ3) is 4.63. The minimum Gasteiger partial charge on any atom is -0.324 e. The molecule has 4 aromatic rings. The van der Waals surface area contributed by atoms with Gasteiger partial charge in [0.1, 0.15) is 12.4 Å². The van der Waals surface area contributed by atoms with E-state index in [0.717, 1.165) is 16.6 Å². The Balaban J connectivity index is 1.56. The molecule has 2 heterocycles. The number of hydrogen-bond donors (Lipinski definition) is 1. The Kier molecular flexibility index (Phi) is 6.01. The highest BCUT2D eigenvalue weighted by atomic mass is 35.5. The number of aromatic nitrogens is 3. The van der Waals surface area contributed by atoms with E-state index in [1.54, 1.807) is 31.5 Å². The molecule has 0 aliphatic rings. The van der Waals surface area contributed by atoms with Crippen LogP contribution in [-0.4, -0.2) is 20.4 Å². The van der Waals surface area contributed by atoms with Gasteiger partial charge in [-0.15, -0.1) is 0 Å².